The molecule has 22 heavy (non-hydrogen) atoms. The minimum absolute atomic E-state index is 0.561. The van der Waals surface area contributed by atoms with Crippen LogP contribution < -0.4 is 10.1 Å². The van der Waals surface area contributed by atoms with E-state index in [0.717, 1.165) is 30.1 Å². The number of fused-ring (bicyclic) bond motifs is 1. The molecule has 0 spiro atoms. The van der Waals surface area contributed by atoms with Crippen molar-refractivity contribution in [3.8, 4) is 5.75 Å². The first-order valence-corrected chi connectivity index (χ1v) is 7.04. The van der Waals surface area contributed by atoms with Crippen molar-refractivity contribution in [2.75, 3.05) is 18.5 Å². The first kappa shape index (κ1) is 14.7. The Labute approximate surface area is 126 Å². The Bertz CT molecular complexity index is 653. The van der Waals surface area contributed by atoms with E-state index in [1.165, 1.54) is 11.6 Å². The Balaban J connectivity index is 1.55. The lowest BCUT2D eigenvalue weighted by Crippen LogP contribution is -2.08. The third-order valence-electron chi connectivity index (χ3n) is 3.55. The number of aromatic nitrogens is 1. The van der Waals surface area contributed by atoms with Crippen molar-refractivity contribution in [3.05, 3.63) is 53.3 Å². The molecular weight excluding hydrogens is 293 g/mol. The smallest absolute Gasteiger partial charge is 0.417 e. The van der Waals surface area contributed by atoms with Crippen LogP contribution in [0.5, 0.6) is 5.75 Å². The zero-order chi connectivity index (χ0) is 15.6. The molecule has 0 saturated heterocycles. The Morgan fingerprint density at radius 3 is 2.77 bits per heavy atom. The summed E-state index contributed by atoms with van der Waals surface area (Å²) in [7, 11) is 0. The van der Waals surface area contributed by atoms with Gasteiger partial charge in [-0.25, -0.2) is 0 Å². The molecule has 0 bridgehead atoms. The number of ether oxygens (including phenoxy) is 1. The van der Waals surface area contributed by atoms with Gasteiger partial charge in [-0.1, -0.05) is 0 Å². The molecule has 3 rings (SSSR count). The van der Waals surface area contributed by atoms with Gasteiger partial charge in [0, 0.05) is 37.0 Å². The summed E-state index contributed by atoms with van der Waals surface area (Å²) in [6.07, 6.45) is -1.99. The quantitative estimate of drug-likeness (QED) is 0.935. The molecule has 1 aliphatic heterocycles. The number of benzene rings is 1. The molecule has 0 fully saturated rings. The Morgan fingerprint density at radius 2 is 2.05 bits per heavy atom. The average molecular weight is 308 g/mol. The van der Waals surface area contributed by atoms with Crippen molar-refractivity contribution in [2.45, 2.75) is 19.0 Å². The van der Waals surface area contributed by atoms with E-state index in [2.05, 4.69) is 10.3 Å². The molecule has 0 amide bonds. The van der Waals surface area contributed by atoms with Gasteiger partial charge in [0.25, 0.3) is 0 Å². The average Bonchev–Trinajstić information content (AvgIpc) is 2.94. The van der Waals surface area contributed by atoms with Crippen LogP contribution >= 0.6 is 0 Å². The number of hydrogen-bond acceptors (Lipinski definition) is 3. The fourth-order valence-corrected chi connectivity index (χ4v) is 2.37. The molecule has 116 valence electrons. The summed E-state index contributed by atoms with van der Waals surface area (Å²) in [5, 5.41) is 3.25. The van der Waals surface area contributed by atoms with Crippen LogP contribution in [-0.4, -0.2) is 18.1 Å². The van der Waals surface area contributed by atoms with Crippen LogP contribution in [0.15, 0.2) is 36.5 Å². The number of nitrogens with zero attached hydrogens (tertiary/aromatic N) is 1. The Hall–Kier alpha value is -2.24. The summed E-state index contributed by atoms with van der Waals surface area (Å²) >= 11 is 0. The molecule has 2 aromatic rings. The first-order chi connectivity index (χ1) is 10.5. The minimum atomic E-state index is -4.34. The van der Waals surface area contributed by atoms with E-state index in [4.69, 9.17) is 4.74 Å². The molecule has 1 aromatic heterocycles. The predicted molar refractivity (Wildman–Crippen MR) is 77.1 cm³/mol. The van der Waals surface area contributed by atoms with Crippen LogP contribution in [-0.2, 0) is 19.0 Å². The van der Waals surface area contributed by atoms with Gasteiger partial charge in [-0.2, -0.15) is 13.2 Å². The maximum absolute atomic E-state index is 12.4. The second kappa shape index (κ2) is 5.87. The zero-order valence-electron chi connectivity index (χ0n) is 11.8. The van der Waals surface area contributed by atoms with Crippen LogP contribution in [0.4, 0.5) is 18.9 Å². The number of rotatable bonds is 4. The lowest BCUT2D eigenvalue weighted by Gasteiger charge is -2.09. The van der Waals surface area contributed by atoms with Crippen molar-refractivity contribution in [1.29, 1.82) is 0 Å². The van der Waals surface area contributed by atoms with E-state index in [1.807, 2.05) is 18.2 Å². The molecule has 1 aromatic carbocycles. The SMILES string of the molecule is FC(F)(F)c1ccc(CCNc2ccc3c(c2)CCO3)nc1. The normalized spacial score (nSPS) is 13.6. The third kappa shape index (κ3) is 3.32. The van der Waals surface area contributed by atoms with E-state index in [0.29, 0.717) is 25.3 Å². The number of pyridine rings is 1. The minimum Gasteiger partial charge on any atom is -0.493 e. The number of anilines is 1. The highest BCUT2D eigenvalue weighted by atomic mass is 19.4. The number of halogens is 3. The largest absolute Gasteiger partial charge is 0.493 e. The third-order valence-corrected chi connectivity index (χ3v) is 3.55. The summed E-state index contributed by atoms with van der Waals surface area (Å²) in [6, 6.07) is 8.39. The molecule has 0 atom stereocenters. The monoisotopic (exact) mass is 308 g/mol. The van der Waals surface area contributed by atoms with Crippen LogP contribution in [0.2, 0.25) is 0 Å². The van der Waals surface area contributed by atoms with E-state index < -0.39 is 11.7 Å². The van der Waals surface area contributed by atoms with E-state index in [-0.39, 0.29) is 0 Å². The van der Waals surface area contributed by atoms with Gasteiger partial charge < -0.3 is 10.1 Å². The van der Waals surface area contributed by atoms with Crippen LogP contribution in [0.1, 0.15) is 16.8 Å². The molecule has 0 saturated carbocycles. The molecule has 0 unspecified atom stereocenters. The molecule has 6 heteroatoms. The van der Waals surface area contributed by atoms with Gasteiger partial charge in [0.2, 0.25) is 0 Å². The summed E-state index contributed by atoms with van der Waals surface area (Å²) in [4.78, 5) is 3.85. The van der Waals surface area contributed by atoms with Gasteiger partial charge in [0.1, 0.15) is 5.75 Å². The van der Waals surface area contributed by atoms with Crippen LogP contribution in [0, 0.1) is 0 Å². The van der Waals surface area contributed by atoms with Gasteiger partial charge in [0.05, 0.1) is 12.2 Å². The fourth-order valence-electron chi connectivity index (χ4n) is 2.37. The van der Waals surface area contributed by atoms with Gasteiger partial charge >= 0.3 is 6.18 Å². The molecule has 1 N–H and O–H groups in total. The molecular formula is C16H15F3N2O. The second-order valence-electron chi connectivity index (χ2n) is 5.13. The second-order valence-corrected chi connectivity index (χ2v) is 5.13. The summed E-state index contributed by atoms with van der Waals surface area (Å²) in [5.74, 6) is 0.926. The molecule has 1 aliphatic rings. The first-order valence-electron chi connectivity index (χ1n) is 7.04. The van der Waals surface area contributed by atoms with Crippen LogP contribution in [0.3, 0.4) is 0 Å². The van der Waals surface area contributed by atoms with Gasteiger partial charge in [-0.3, -0.25) is 4.98 Å². The van der Waals surface area contributed by atoms with Gasteiger partial charge in [0.15, 0.2) is 0 Å². The van der Waals surface area contributed by atoms with Crippen LogP contribution in [0.25, 0.3) is 0 Å². The molecule has 2 heterocycles. The number of nitrogens with one attached hydrogen (secondary N) is 1. The van der Waals surface area contributed by atoms with Crippen molar-refractivity contribution >= 4 is 5.69 Å². The highest BCUT2D eigenvalue weighted by Gasteiger charge is 2.30. The number of hydrogen-bond donors (Lipinski definition) is 1. The molecule has 3 nitrogen and oxygen atoms in total. The topological polar surface area (TPSA) is 34.1 Å². The highest BCUT2D eigenvalue weighted by molar-refractivity contribution is 5.52. The van der Waals surface area contributed by atoms with Crippen molar-refractivity contribution in [1.82, 2.24) is 4.98 Å². The highest BCUT2D eigenvalue weighted by Crippen LogP contribution is 2.29. The van der Waals surface area contributed by atoms with Crippen molar-refractivity contribution in [2.24, 2.45) is 0 Å². The Morgan fingerprint density at radius 1 is 1.18 bits per heavy atom. The summed E-state index contributed by atoms with van der Waals surface area (Å²) in [6.45, 7) is 1.33. The van der Waals surface area contributed by atoms with Crippen molar-refractivity contribution < 1.29 is 17.9 Å². The maximum atomic E-state index is 12.4. The summed E-state index contributed by atoms with van der Waals surface area (Å²) in [5.41, 5.74) is 2.07. The van der Waals surface area contributed by atoms with E-state index >= 15 is 0 Å². The standard InChI is InChI=1S/C16H15F3N2O/c17-16(18,19)12-1-2-13(21-10-12)5-7-20-14-3-4-15-11(9-14)6-8-22-15/h1-4,9-10,20H,5-8H2. The zero-order valence-corrected chi connectivity index (χ0v) is 11.8. The van der Waals surface area contributed by atoms with E-state index in [1.54, 1.807) is 0 Å². The lowest BCUT2D eigenvalue weighted by molar-refractivity contribution is -0.137. The molecule has 0 aliphatic carbocycles. The predicted octanol–water partition coefficient (Wildman–Crippen LogP) is 3.69. The molecule has 0 radical (unpaired) electrons. The lowest BCUT2D eigenvalue weighted by atomic mass is 10.1. The van der Waals surface area contributed by atoms with Gasteiger partial charge in [-0.05, 0) is 35.9 Å². The van der Waals surface area contributed by atoms with E-state index in [9.17, 15) is 13.2 Å². The fraction of sp³-hybridized carbons (Fsp3) is 0.312. The van der Waals surface area contributed by atoms with Crippen molar-refractivity contribution in [3.63, 3.8) is 0 Å². The summed E-state index contributed by atoms with van der Waals surface area (Å²) < 4.78 is 42.8. The van der Waals surface area contributed by atoms with Gasteiger partial charge in [-0.15, -0.1) is 0 Å². The Kier molecular flexibility index (Phi) is 3.92. The maximum Gasteiger partial charge on any atom is 0.417 e. The number of alkyl halides is 3.